The molecule has 0 saturated heterocycles. The molecule has 1 saturated carbocycles. The summed E-state index contributed by atoms with van der Waals surface area (Å²) in [7, 11) is 2.79. The minimum Gasteiger partial charge on any atom is -0.497 e. The molecule has 11 nitrogen and oxygen atoms in total. The maximum atomic E-state index is 15.2. The fraction of sp³-hybridized carbons (Fsp3) is 0.500. The van der Waals surface area contributed by atoms with Crippen molar-refractivity contribution in [2.24, 2.45) is 0 Å². The Morgan fingerprint density at radius 2 is 1.94 bits per heavy atom. The van der Waals surface area contributed by atoms with Crippen molar-refractivity contribution in [3.05, 3.63) is 29.7 Å². The zero-order valence-electron chi connectivity index (χ0n) is 18.9. The standard InChI is InChI=1S/C22H28FN5O6/c1-33-14-7-15(18(23)17(8-14)34-2)27-11-12-9-24-21(25-10-16(29)20(30)31)26-19(12)28(22(27)32)13-5-3-4-6-13/h7-9,13,16,20,29-31H,3-6,10-11H2,1-2H3,(H,24,25,26)/t16-/m1/s1. The van der Waals surface area contributed by atoms with E-state index in [1.165, 1.54) is 37.4 Å². The highest BCUT2D eigenvalue weighted by Gasteiger charge is 2.39. The lowest BCUT2D eigenvalue weighted by molar-refractivity contribution is -0.116. The lowest BCUT2D eigenvalue weighted by Crippen LogP contribution is -2.52. The fourth-order valence-electron chi connectivity index (χ4n) is 4.26. The molecule has 1 aliphatic carbocycles. The van der Waals surface area contributed by atoms with Gasteiger partial charge in [0.15, 0.2) is 17.9 Å². The molecular formula is C22H28FN5O6. The molecule has 2 aliphatic rings. The second-order valence-electron chi connectivity index (χ2n) is 8.24. The Labute approximate surface area is 195 Å². The Hall–Kier alpha value is -3.22. The van der Waals surface area contributed by atoms with Crippen LogP contribution in [0.5, 0.6) is 11.5 Å². The quantitative estimate of drug-likeness (QED) is 0.417. The maximum absolute atomic E-state index is 15.2. The van der Waals surface area contributed by atoms with Crippen LogP contribution in [0.4, 0.5) is 26.6 Å². The molecule has 184 valence electrons. The van der Waals surface area contributed by atoms with Crippen molar-refractivity contribution in [1.29, 1.82) is 0 Å². The minimum atomic E-state index is -1.91. The number of rotatable bonds is 8. The number of carbonyl (C=O) groups is 1. The molecule has 1 atom stereocenters. The van der Waals surface area contributed by atoms with Gasteiger partial charge < -0.3 is 30.1 Å². The number of halogens is 1. The van der Waals surface area contributed by atoms with Crippen LogP contribution in [0.15, 0.2) is 18.3 Å². The Balaban J connectivity index is 1.72. The molecule has 0 radical (unpaired) electrons. The van der Waals surface area contributed by atoms with E-state index in [1.54, 1.807) is 4.90 Å². The maximum Gasteiger partial charge on any atom is 0.330 e. The van der Waals surface area contributed by atoms with Crippen molar-refractivity contribution in [3.8, 4) is 11.5 Å². The number of anilines is 3. The van der Waals surface area contributed by atoms with Gasteiger partial charge in [0.05, 0.1) is 26.5 Å². The van der Waals surface area contributed by atoms with Crippen molar-refractivity contribution < 1.29 is 34.0 Å². The van der Waals surface area contributed by atoms with Crippen LogP contribution in [0, 0.1) is 5.82 Å². The van der Waals surface area contributed by atoms with Crippen molar-refractivity contribution in [1.82, 2.24) is 9.97 Å². The van der Waals surface area contributed by atoms with E-state index >= 15 is 4.39 Å². The monoisotopic (exact) mass is 477 g/mol. The number of aliphatic hydroxyl groups is 3. The molecule has 2 amide bonds. The second-order valence-corrected chi connectivity index (χ2v) is 8.24. The topological polar surface area (TPSA) is 141 Å². The minimum absolute atomic E-state index is 0.0251. The van der Waals surface area contributed by atoms with Gasteiger partial charge in [0.25, 0.3) is 0 Å². The molecule has 0 unspecified atom stereocenters. The van der Waals surface area contributed by atoms with Crippen LogP contribution in [0.25, 0.3) is 0 Å². The van der Waals surface area contributed by atoms with Crippen LogP contribution >= 0.6 is 0 Å². The molecular weight excluding hydrogens is 449 g/mol. The number of benzene rings is 1. The lowest BCUT2D eigenvalue weighted by atomic mass is 10.1. The van der Waals surface area contributed by atoms with Gasteiger partial charge in [-0.15, -0.1) is 0 Å². The first-order valence-corrected chi connectivity index (χ1v) is 11.0. The number of methoxy groups -OCH3 is 2. The summed E-state index contributed by atoms with van der Waals surface area (Å²) < 4.78 is 25.6. The lowest BCUT2D eigenvalue weighted by Gasteiger charge is -2.39. The Bertz CT molecular complexity index is 1050. The molecule has 1 aliphatic heterocycles. The summed E-state index contributed by atoms with van der Waals surface area (Å²) >= 11 is 0. The van der Waals surface area contributed by atoms with E-state index in [1.807, 2.05) is 0 Å². The summed E-state index contributed by atoms with van der Waals surface area (Å²) in [4.78, 5) is 25.3. The molecule has 34 heavy (non-hydrogen) atoms. The number of carbonyl (C=O) groups excluding carboxylic acids is 1. The molecule has 0 bridgehead atoms. The third-order valence-electron chi connectivity index (χ3n) is 6.08. The predicted octanol–water partition coefficient (Wildman–Crippen LogP) is 1.61. The van der Waals surface area contributed by atoms with Crippen LogP contribution in [-0.4, -0.2) is 70.5 Å². The number of amides is 2. The molecule has 12 heteroatoms. The summed E-state index contributed by atoms with van der Waals surface area (Å²) in [6.45, 7) is -0.169. The molecule has 4 N–H and O–H groups in total. The van der Waals surface area contributed by atoms with Gasteiger partial charge in [-0.25, -0.2) is 14.2 Å². The predicted molar refractivity (Wildman–Crippen MR) is 121 cm³/mol. The van der Waals surface area contributed by atoms with E-state index in [0.717, 1.165) is 25.7 Å². The average Bonchev–Trinajstić information content (AvgIpc) is 3.36. The smallest absolute Gasteiger partial charge is 0.330 e. The van der Waals surface area contributed by atoms with Gasteiger partial charge in [0.1, 0.15) is 17.7 Å². The summed E-state index contributed by atoms with van der Waals surface area (Å²) in [6, 6.07) is 2.32. The van der Waals surface area contributed by atoms with E-state index in [4.69, 9.17) is 19.7 Å². The number of nitrogens with zero attached hydrogens (tertiary/aromatic N) is 4. The third kappa shape index (κ3) is 4.56. The van der Waals surface area contributed by atoms with Crippen LogP contribution < -0.4 is 24.6 Å². The van der Waals surface area contributed by atoms with Crippen LogP contribution in [0.3, 0.4) is 0 Å². The Kier molecular flexibility index (Phi) is 7.00. The number of aromatic nitrogens is 2. The Morgan fingerprint density at radius 1 is 1.21 bits per heavy atom. The number of ether oxygens (including phenoxy) is 2. The molecule has 1 fully saturated rings. The first-order valence-electron chi connectivity index (χ1n) is 11.0. The highest BCUT2D eigenvalue weighted by Crippen LogP contribution is 2.40. The van der Waals surface area contributed by atoms with Crippen LogP contribution in [0.2, 0.25) is 0 Å². The Morgan fingerprint density at radius 3 is 2.59 bits per heavy atom. The van der Waals surface area contributed by atoms with E-state index < -0.39 is 24.2 Å². The van der Waals surface area contributed by atoms with E-state index in [0.29, 0.717) is 17.1 Å². The van der Waals surface area contributed by atoms with Crippen molar-refractivity contribution >= 4 is 23.5 Å². The number of hydrogen-bond donors (Lipinski definition) is 4. The number of nitrogens with one attached hydrogen (secondary N) is 1. The summed E-state index contributed by atoms with van der Waals surface area (Å²) in [5.41, 5.74) is 0.637. The normalized spacial score (nSPS) is 17.2. The van der Waals surface area contributed by atoms with Gasteiger partial charge in [-0.05, 0) is 12.8 Å². The van der Waals surface area contributed by atoms with Crippen molar-refractivity contribution in [2.45, 2.75) is 50.7 Å². The molecule has 0 spiro atoms. The molecule has 4 rings (SSSR count). The van der Waals surface area contributed by atoms with E-state index in [2.05, 4.69) is 15.3 Å². The first kappa shape index (κ1) is 23.9. The highest BCUT2D eigenvalue weighted by atomic mass is 19.1. The van der Waals surface area contributed by atoms with Gasteiger partial charge in [-0.2, -0.15) is 4.98 Å². The summed E-state index contributed by atoms with van der Waals surface area (Å²) in [6.07, 6.45) is 1.67. The number of urea groups is 1. The first-order chi connectivity index (χ1) is 16.3. The average molecular weight is 477 g/mol. The number of hydrogen-bond acceptors (Lipinski definition) is 9. The number of fused-ring (bicyclic) bond motifs is 1. The zero-order valence-corrected chi connectivity index (χ0v) is 18.9. The van der Waals surface area contributed by atoms with Gasteiger partial charge in [0.2, 0.25) is 5.95 Å². The van der Waals surface area contributed by atoms with Crippen LogP contribution in [-0.2, 0) is 6.54 Å². The molecule has 1 aromatic carbocycles. The van der Waals surface area contributed by atoms with Gasteiger partial charge in [-0.3, -0.25) is 9.80 Å². The largest absolute Gasteiger partial charge is 0.497 e. The van der Waals surface area contributed by atoms with Gasteiger partial charge >= 0.3 is 6.03 Å². The molecule has 2 aromatic rings. The molecule has 1 aromatic heterocycles. The zero-order chi connectivity index (χ0) is 24.4. The molecule has 2 heterocycles. The second kappa shape index (κ2) is 9.95. The highest BCUT2D eigenvalue weighted by molar-refractivity contribution is 6.06. The van der Waals surface area contributed by atoms with Crippen molar-refractivity contribution in [2.75, 3.05) is 35.9 Å². The van der Waals surface area contributed by atoms with E-state index in [9.17, 15) is 9.90 Å². The number of aliphatic hydroxyl groups excluding tert-OH is 2. The third-order valence-corrected chi connectivity index (χ3v) is 6.08. The summed E-state index contributed by atoms with van der Waals surface area (Å²) in [5, 5.41) is 30.5. The van der Waals surface area contributed by atoms with Crippen LogP contribution in [0.1, 0.15) is 31.2 Å². The van der Waals surface area contributed by atoms with Gasteiger partial charge in [0, 0.05) is 36.5 Å². The SMILES string of the molecule is COc1cc(OC)c(F)c(N2Cc3cnc(NC[C@@H](O)C(O)O)nc3N(C3CCCC3)C2=O)c1. The summed E-state index contributed by atoms with van der Waals surface area (Å²) in [5.74, 6) is 0.152. The van der Waals surface area contributed by atoms with E-state index in [-0.39, 0.29) is 36.5 Å². The van der Waals surface area contributed by atoms with Crippen molar-refractivity contribution in [3.63, 3.8) is 0 Å². The van der Waals surface area contributed by atoms with Gasteiger partial charge in [-0.1, -0.05) is 12.8 Å². The fourth-order valence-corrected chi connectivity index (χ4v) is 4.26.